The molecule has 0 bridgehead atoms. The number of rotatable bonds is 4. The lowest BCUT2D eigenvalue weighted by molar-refractivity contribution is 0.0374. The number of ether oxygens (including phenoxy) is 1. The Morgan fingerprint density at radius 2 is 2.13 bits per heavy atom. The van der Waals surface area contributed by atoms with Crippen LogP contribution in [-0.2, 0) is 11.2 Å². The molecule has 1 aliphatic rings. The SMILES string of the molecule is c1cnc(CCCN2CCOCC2)cn1. The Balaban J connectivity index is 1.66. The van der Waals surface area contributed by atoms with Crippen LogP contribution >= 0.6 is 0 Å². The van der Waals surface area contributed by atoms with Crippen LogP contribution in [0.5, 0.6) is 0 Å². The first kappa shape index (κ1) is 10.5. The Morgan fingerprint density at radius 3 is 2.87 bits per heavy atom. The maximum absolute atomic E-state index is 5.30. The standard InChI is InChI=1S/C11H17N3O/c1(2-11-10-12-3-4-13-11)5-14-6-8-15-9-7-14/h3-4,10H,1-2,5-9H2. The molecule has 0 N–H and O–H groups in total. The Hall–Kier alpha value is -1.00. The lowest BCUT2D eigenvalue weighted by atomic mass is 10.2. The maximum atomic E-state index is 5.30. The summed E-state index contributed by atoms with van der Waals surface area (Å²) < 4.78 is 5.30. The van der Waals surface area contributed by atoms with E-state index < -0.39 is 0 Å². The van der Waals surface area contributed by atoms with Gasteiger partial charge in [0.05, 0.1) is 18.9 Å². The van der Waals surface area contributed by atoms with Gasteiger partial charge in [0.1, 0.15) is 0 Å². The molecule has 0 amide bonds. The second kappa shape index (κ2) is 5.78. The van der Waals surface area contributed by atoms with Crippen LogP contribution in [0.4, 0.5) is 0 Å². The molecule has 0 spiro atoms. The van der Waals surface area contributed by atoms with E-state index in [9.17, 15) is 0 Å². The van der Waals surface area contributed by atoms with Crippen LogP contribution in [0.1, 0.15) is 12.1 Å². The van der Waals surface area contributed by atoms with Crippen molar-refractivity contribution >= 4 is 0 Å². The highest BCUT2D eigenvalue weighted by Gasteiger charge is 2.09. The number of nitrogens with zero attached hydrogens (tertiary/aromatic N) is 3. The predicted molar refractivity (Wildman–Crippen MR) is 57.6 cm³/mol. The third kappa shape index (κ3) is 3.57. The number of hydrogen-bond acceptors (Lipinski definition) is 4. The fourth-order valence-corrected chi connectivity index (χ4v) is 1.77. The molecule has 2 heterocycles. The summed E-state index contributed by atoms with van der Waals surface area (Å²) in [5.41, 5.74) is 1.09. The largest absolute Gasteiger partial charge is 0.379 e. The summed E-state index contributed by atoms with van der Waals surface area (Å²) in [4.78, 5) is 10.8. The number of aromatic nitrogens is 2. The van der Waals surface area contributed by atoms with Crippen molar-refractivity contribution in [3.8, 4) is 0 Å². The van der Waals surface area contributed by atoms with Crippen molar-refractivity contribution in [3.63, 3.8) is 0 Å². The number of morpholine rings is 1. The molecule has 1 aromatic heterocycles. The highest BCUT2D eigenvalue weighted by Crippen LogP contribution is 2.01. The van der Waals surface area contributed by atoms with E-state index >= 15 is 0 Å². The quantitative estimate of drug-likeness (QED) is 0.730. The van der Waals surface area contributed by atoms with Crippen LogP contribution in [0.25, 0.3) is 0 Å². The van der Waals surface area contributed by atoms with Gasteiger partial charge in [-0.05, 0) is 19.4 Å². The highest BCUT2D eigenvalue weighted by molar-refractivity contribution is 4.94. The van der Waals surface area contributed by atoms with E-state index in [1.165, 1.54) is 0 Å². The average Bonchev–Trinajstić information content (AvgIpc) is 2.32. The average molecular weight is 207 g/mol. The molecule has 4 nitrogen and oxygen atoms in total. The predicted octanol–water partition coefficient (Wildman–Crippen LogP) is 0.741. The number of aryl methyl sites for hydroxylation is 1. The summed E-state index contributed by atoms with van der Waals surface area (Å²) in [6.45, 7) is 5.04. The molecule has 1 aliphatic heterocycles. The molecule has 0 saturated carbocycles. The lowest BCUT2D eigenvalue weighted by Gasteiger charge is -2.26. The van der Waals surface area contributed by atoms with Crippen molar-refractivity contribution in [2.75, 3.05) is 32.8 Å². The zero-order valence-corrected chi connectivity index (χ0v) is 8.93. The topological polar surface area (TPSA) is 38.2 Å². The fraction of sp³-hybridized carbons (Fsp3) is 0.636. The van der Waals surface area contributed by atoms with E-state index in [1.807, 2.05) is 6.20 Å². The minimum atomic E-state index is 0.880. The van der Waals surface area contributed by atoms with Crippen molar-refractivity contribution in [3.05, 3.63) is 24.3 Å². The summed E-state index contributed by atoms with van der Waals surface area (Å²) in [5, 5.41) is 0. The Morgan fingerprint density at radius 1 is 1.27 bits per heavy atom. The van der Waals surface area contributed by atoms with Crippen LogP contribution < -0.4 is 0 Å². The van der Waals surface area contributed by atoms with Gasteiger partial charge in [-0.15, -0.1) is 0 Å². The molecule has 0 unspecified atom stereocenters. The number of hydrogen-bond donors (Lipinski definition) is 0. The van der Waals surface area contributed by atoms with Gasteiger partial charge in [0.15, 0.2) is 0 Å². The minimum Gasteiger partial charge on any atom is -0.379 e. The summed E-state index contributed by atoms with van der Waals surface area (Å²) in [6, 6.07) is 0. The van der Waals surface area contributed by atoms with Gasteiger partial charge in [-0.3, -0.25) is 14.9 Å². The molecular weight excluding hydrogens is 190 g/mol. The van der Waals surface area contributed by atoms with Gasteiger partial charge in [-0.25, -0.2) is 0 Å². The van der Waals surface area contributed by atoms with Crippen LogP contribution in [0.2, 0.25) is 0 Å². The lowest BCUT2D eigenvalue weighted by Crippen LogP contribution is -2.36. The Labute approximate surface area is 90.3 Å². The van der Waals surface area contributed by atoms with Crippen molar-refractivity contribution in [1.29, 1.82) is 0 Å². The Kier molecular flexibility index (Phi) is 4.05. The normalized spacial score (nSPS) is 17.9. The molecule has 4 heteroatoms. The second-order valence-electron chi connectivity index (χ2n) is 3.75. The van der Waals surface area contributed by atoms with Gasteiger partial charge in [-0.2, -0.15) is 0 Å². The monoisotopic (exact) mass is 207 g/mol. The van der Waals surface area contributed by atoms with Gasteiger partial charge in [0.25, 0.3) is 0 Å². The molecule has 0 atom stereocenters. The second-order valence-corrected chi connectivity index (χ2v) is 3.75. The molecule has 1 saturated heterocycles. The molecule has 2 rings (SSSR count). The highest BCUT2D eigenvalue weighted by atomic mass is 16.5. The third-order valence-electron chi connectivity index (χ3n) is 2.63. The summed E-state index contributed by atoms with van der Waals surface area (Å²) >= 11 is 0. The van der Waals surface area contributed by atoms with Gasteiger partial charge < -0.3 is 4.74 Å². The maximum Gasteiger partial charge on any atom is 0.0594 e. The zero-order chi connectivity index (χ0) is 10.3. The van der Waals surface area contributed by atoms with Gasteiger partial charge in [0, 0.05) is 31.7 Å². The van der Waals surface area contributed by atoms with E-state index in [4.69, 9.17) is 4.74 Å². The molecule has 1 aromatic rings. The van der Waals surface area contributed by atoms with Crippen LogP contribution in [0, 0.1) is 0 Å². The van der Waals surface area contributed by atoms with Gasteiger partial charge >= 0.3 is 0 Å². The van der Waals surface area contributed by atoms with Crippen molar-refractivity contribution in [2.45, 2.75) is 12.8 Å². The van der Waals surface area contributed by atoms with Crippen molar-refractivity contribution in [2.24, 2.45) is 0 Å². The van der Waals surface area contributed by atoms with Crippen molar-refractivity contribution in [1.82, 2.24) is 14.9 Å². The van der Waals surface area contributed by atoms with Gasteiger partial charge in [0.2, 0.25) is 0 Å². The van der Waals surface area contributed by atoms with E-state index in [2.05, 4.69) is 14.9 Å². The van der Waals surface area contributed by atoms with Crippen LogP contribution in [-0.4, -0.2) is 47.7 Å². The minimum absolute atomic E-state index is 0.880. The molecule has 0 aliphatic carbocycles. The molecule has 0 aromatic carbocycles. The fourth-order valence-electron chi connectivity index (χ4n) is 1.77. The Bertz CT molecular complexity index is 272. The van der Waals surface area contributed by atoms with Crippen LogP contribution in [0.3, 0.4) is 0 Å². The van der Waals surface area contributed by atoms with E-state index in [0.717, 1.165) is 51.4 Å². The van der Waals surface area contributed by atoms with E-state index in [0.29, 0.717) is 0 Å². The molecule has 1 fully saturated rings. The summed E-state index contributed by atoms with van der Waals surface area (Å²) in [5.74, 6) is 0. The molecular formula is C11H17N3O. The van der Waals surface area contributed by atoms with Crippen LogP contribution in [0.15, 0.2) is 18.6 Å². The van der Waals surface area contributed by atoms with E-state index in [1.54, 1.807) is 12.4 Å². The van der Waals surface area contributed by atoms with Gasteiger partial charge in [-0.1, -0.05) is 0 Å². The van der Waals surface area contributed by atoms with Crippen molar-refractivity contribution < 1.29 is 4.74 Å². The molecule has 15 heavy (non-hydrogen) atoms. The molecule has 82 valence electrons. The first-order valence-electron chi connectivity index (χ1n) is 5.50. The smallest absolute Gasteiger partial charge is 0.0594 e. The first-order valence-corrected chi connectivity index (χ1v) is 5.50. The summed E-state index contributed by atoms with van der Waals surface area (Å²) in [7, 11) is 0. The summed E-state index contributed by atoms with van der Waals surface area (Å²) in [6.07, 6.45) is 7.48. The zero-order valence-electron chi connectivity index (χ0n) is 8.93. The molecule has 0 radical (unpaired) electrons. The first-order chi connectivity index (χ1) is 7.45. The van der Waals surface area contributed by atoms with E-state index in [-0.39, 0.29) is 0 Å². The third-order valence-corrected chi connectivity index (χ3v) is 2.63.